The highest BCUT2D eigenvalue weighted by molar-refractivity contribution is 7.19. The summed E-state index contributed by atoms with van der Waals surface area (Å²) in [6, 6.07) is 0.413. The highest BCUT2D eigenvalue weighted by Crippen LogP contribution is 2.38. The van der Waals surface area contributed by atoms with E-state index in [0.717, 1.165) is 12.8 Å². The summed E-state index contributed by atoms with van der Waals surface area (Å²) in [4.78, 5) is 23.6. The van der Waals surface area contributed by atoms with Gasteiger partial charge in [0.2, 0.25) is 0 Å². The largest absolute Gasteiger partial charge is 0.397 e. The minimum absolute atomic E-state index is 0.110. The minimum atomic E-state index is -0.255. The van der Waals surface area contributed by atoms with Crippen molar-refractivity contribution < 1.29 is 9.59 Å². The number of nitrogens with one attached hydrogen (secondary N) is 2. The molecule has 1 aliphatic carbocycles. The van der Waals surface area contributed by atoms with Crippen LogP contribution in [-0.2, 0) is 0 Å². The molecule has 17 heavy (non-hydrogen) atoms. The van der Waals surface area contributed by atoms with E-state index in [0.29, 0.717) is 21.5 Å². The molecule has 0 atom stereocenters. The first-order valence-electron chi connectivity index (χ1n) is 5.46. The normalized spacial score (nSPS) is 14.5. The molecule has 0 bridgehead atoms. The number of amides is 1. The molecule has 92 valence electrons. The van der Waals surface area contributed by atoms with Crippen molar-refractivity contribution in [2.45, 2.75) is 25.8 Å². The van der Waals surface area contributed by atoms with Gasteiger partial charge in [-0.05, 0) is 12.8 Å². The average molecular weight is 253 g/mol. The Labute approximate surface area is 103 Å². The van der Waals surface area contributed by atoms with E-state index >= 15 is 0 Å². The van der Waals surface area contributed by atoms with Gasteiger partial charge >= 0.3 is 0 Å². The van der Waals surface area contributed by atoms with E-state index in [1.807, 2.05) is 0 Å². The van der Waals surface area contributed by atoms with Gasteiger partial charge in [0.25, 0.3) is 5.91 Å². The molecule has 0 radical (unpaired) electrons. The zero-order chi connectivity index (χ0) is 12.6. The van der Waals surface area contributed by atoms with E-state index in [1.54, 1.807) is 7.05 Å². The van der Waals surface area contributed by atoms with Crippen LogP contribution in [0.3, 0.4) is 0 Å². The van der Waals surface area contributed by atoms with Crippen LogP contribution in [-0.4, -0.2) is 24.8 Å². The van der Waals surface area contributed by atoms with Crippen LogP contribution in [0, 0.1) is 0 Å². The number of nitrogens with two attached hydrogens (primary N) is 1. The third kappa shape index (κ3) is 2.26. The van der Waals surface area contributed by atoms with Gasteiger partial charge in [-0.15, -0.1) is 11.3 Å². The summed E-state index contributed by atoms with van der Waals surface area (Å²) < 4.78 is 0. The van der Waals surface area contributed by atoms with E-state index in [1.165, 1.54) is 18.3 Å². The van der Waals surface area contributed by atoms with Gasteiger partial charge in [0.05, 0.1) is 16.1 Å². The Kier molecular flexibility index (Phi) is 3.06. The van der Waals surface area contributed by atoms with Gasteiger partial charge < -0.3 is 16.4 Å². The number of carbonyl (C=O) groups is 2. The van der Waals surface area contributed by atoms with Crippen molar-refractivity contribution in [1.82, 2.24) is 5.32 Å². The van der Waals surface area contributed by atoms with Crippen molar-refractivity contribution in [3.05, 3.63) is 10.4 Å². The fourth-order valence-corrected chi connectivity index (χ4v) is 2.66. The van der Waals surface area contributed by atoms with Crippen LogP contribution in [0.5, 0.6) is 0 Å². The van der Waals surface area contributed by atoms with Gasteiger partial charge in [-0.2, -0.15) is 0 Å². The number of ketones is 1. The van der Waals surface area contributed by atoms with Crippen LogP contribution in [0.25, 0.3) is 0 Å². The molecule has 1 aromatic rings. The van der Waals surface area contributed by atoms with Crippen molar-refractivity contribution in [2.24, 2.45) is 0 Å². The highest BCUT2D eigenvalue weighted by Gasteiger charge is 2.28. The Balaban J connectivity index is 2.43. The predicted octanol–water partition coefficient (Wildman–Crippen LogP) is 1.47. The predicted molar refractivity (Wildman–Crippen MR) is 68.8 cm³/mol. The summed E-state index contributed by atoms with van der Waals surface area (Å²) in [5, 5.41) is 6.49. The number of nitrogen functional groups attached to an aromatic ring is 1. The fourth-order valence-electron chi connectivity index (χ4n) is 1.57. The Morgan fingerprint density at radius 1 is 1.41 bits per heavy atom. The first kappa shape index (κ1) is 11.9. The third-order valence-electron chi connectivity index (χ3n) is 2.63. The van der Waals surface area contributed by atoms with Crippen LogP contribution in [0.2, 0.25) is 0 Å². The van der Waals surface area contributed by atoms with E-state index < -0.39 is 0 Å². The quantitative estimate of drug-likeness (QED) is 0.709. The van der Waals surface area contributed by atoms with E-state index in [4.69, 9.17) is 5.73 Å². The smallest absolute Gasteiger partial charge is 0.256 e. The van der Waals surface area contributed by atoms with Crippen LogP contribution in [0.15, 0.2) is 0 Å². The number of hydrogen-bond donors (Lipinski definition) is 3. The first-order valence-corrected chi connectivity index (χ1v) is 6.28. The molecular weight excluding hydrogens is 238 g/mol. The minimum Gasteiger partial charge on any atom is -0.397 e. The molecule has 1 fully saturated rings. The van der Waals surface area contributed by atoms with E-state index in [-0.39, 0.29) is 17.4 Å². The van der Waals surface area contributed by atoms with Gasteiger partial charge in [-0.3, -0.25) is 9.59 Å². The number of carbonyl (C=O) groups excluding carboxylic acids is 2. The summed E-state index contributed by atoms with van der Waals surface area (Å²) in [6.07, 6.45) is 2.20. The lowest BCUT2D eigenvalue weighted by Crippen LogP contribution is -2.20. The molecule has 6 heteroatoms. The number of thiophene rings is 1. The van der Waals surface area contributed by atoms with E-state index in [2.05, 4.69) is 10.6 Å². The maximum atomic E-state index is 11.8. The average Bonchev–Trinajstić information content (AvgIpc) is 3.02. The molecule has 1 aromatic heterocycles. The molecule has 0 spiro atoms. The molecule has 0 aromatic carbocycles. The second-order valence-electron chi connectivity index (χ2n) is 4.10. The molecular formula is C11H15N3O2S. The first-order chi connectivity index (χ1) is 8.04. The third-order valence-corrected chi connectivity index (χ3v) is 3.87. The van der Waals surface area contributed by atoms with Crippen molar-refractivity contribution in [1.29, 1.82) is 0 Å². The summed E-state index contributed by atoms with van der Waals surface area (Å²) in [5.74, 6) is -0.365. The number of hydrogen-bond acceptors (Lipinski definition) is 5. The van der Waals surface area contributed by atoms with Gasteiger partial charge in [-0.25, -0.2) is 0 Å². The molecule has 0 saturated heterocycles. The summed E-state index contributed by atoms with van der Waals surface area (Å²) in [7, 11) is 1.55. The van der Waals surface area contributed by atoms with Crippen molar-refractivity contribution >= 4 is 33.7 Å². The van der Waals surface area contributed by atoms with Crippen molar-refractivity contribution in [2.75, 3.05) is 18.1 Å². The van der Waals surface area contributed by atoms with E-state index in [9.17, 15) is 9.59 Å². The maximum Gasteiger partial charge on any atom is 0.256 e. The summed E-state index contributed by atoms with van der Waals surface area (Å²) >= 11 is 1.26. The topological polar surface area (TPSA) is 84.2 Å². The highest BCUT2D eigenvalue weighted by atomic mass is 32.1. The second-order valence-corrected chi connectivity index (χ2v) is 5.12. The van der Waals surface area contributed by atoms with Gasteiger partial charge in [0.15, 0.2) is 5.78 Å². The molecule has 2 rings (SSSR count). The Morgan fingerprint density at radius 3 is 2.53 bits per heavy atom. The van der Waals surface area contributed by atoms with Crippen molar-refractivity contribution in [3.63, 3.8) is 0 Å². The lowest BCUT2D eigenvalue weighted by Gasteiger charge is -2.05. The molecule has 1 heterocycles. The van der Waals surface area contributed by atoms with Crippen LogP contribution < -0.4 is 16.4 Å². The fraction of sp³-hybridized carbons (Fsp3) is 0.455. The molecule has 0 unspecified atom stereocenters. The number of anilines is 2. The summed E-state index contributed by atoms with van der Waals surface area (Å²) in [5.41, 5.74) is 6.55. The molecule has 5 nitrogen and oxygen atoms in total. The Hall–Kier alpha value is -1.56. The lowest BCUT2D eigenvalue weighted by molar-refractivity contribution is 0.0965. The zero-order valence-corrected chi connectivity index (χ0v) is 10.6. The standard InChI is InChI=1S/C11H15N3O2S/c1-5(15)9-8(12)7(10(16)13-2)11(17-9)14-6-3-4-6/h6,14H,3-4,12H2,1-2H3,(H,13,16). The van der Waals surface area contributed by atoms with Crippen LogP contribution in [0.4, 0.5) is 10.7 Å². The lowest BCUT2D eigenvalue weighted by atomic mass is 10.2. The van der Waals surface area contributed by atoms with Gasteiger partial charge in [0, 0.05) is 20.0 Å². The maximum absolute atomic E-state index is 11.8. The molecule has 0 aliphatic heterocycles. The summed E-state index contributed by atoms with van der Waals surface area (Å²) in [6.45, 7) is 1.46. The molecule has 1 aliphatic rings. The van der Waals surface area contributed by atoms with Gasteiger partial charge in [-0.1, -0.05) is 0 Å². The number of rotatable bonds is 4. The molecule has 1 amide bonds. The Morgan fingerprint density at radius 2 is 2.06 bits per heavy atom. The monoisotopic (exact) mass is 253 g/mol. The second kappa shape index (κ2) is 4.37. The van der Waals surface area contributed by atoms with Crippen molar-refractivity contribution in [3.8, 4) is 0 Å². The Bertz CT molecular complexity index is 477. The SMILES string of the molecule is CNC(=O)c1c(NC2CC2)sc(C(C)=O)c1N. The zero-order valence-electron chi connectivity index (χ0n) is 9.79. The van der Waals surface area contributed by atoms with Crippen LogP contribution >= 0.6 is 11.3 Å². The molecule has 1 saturated carbocycles. The molecule has 4 N–H and O–H groups in total. The van der Waals surface area contributed by atoms with Gasteiger partial charge in [0.1, 0.15) is 5.00 Å². The number of Topliss-reactive ketones (excluding diaryl/α,β-unsaturated/α-hetero) is 1. The van der Waals surface area contributed by atoms with Crippen LogP contribution in [0.1, 0.15) is 39.8 Å².